The molecule has 3 aromatic carbocycles. The average Bonchev–Trinajstić information content (AvgIpc) is 3.51. The lowest BCUT2D eigenvalue weighted by atomic mass is 9.94. The van der Waals surface area contributed by atoms with Crippen LogP contribution in [-0.2, 0) is 4.79 Å². The van der Waals surface area contributed by atoms with Gasteiger partial charge in [0.1, 0.15) is 17.6 Å². The normalized spacial score (nSPS) is 14.2. The van der Waals surface area contributed by atoms with Crippen molar-refractivity contribution >= 4 is 17.5 Å². The molecule has 0 spiro atoms. The number of amides is 2. The van der Waals surface area contributed by atoms with Crippen LogP contribution in [0.15, 0.2) is 84.9 Å². The number of ether oxygens (including phenoxy) is 2. The minimum atomic E-state index is -1.08. The van der Waals surface area contributed by atoms with Gasteiger partial charge in [0, 0.05) is 23.5 Å². The number of carbonyl (C=O) groups excluding carboxylic acids is 2. The van der Waals surface area contributed by atoms with E-state index in [-0.39, 0.29) is 11.9 Å². The number of nitrogens with one attached hydrogen (secondary N) is 2. The Morgan fingerprint density at radius 3 is 2.27 bits per heavy atom. The van der Waals surface area contributed by atoms with Gasteiger partial charge in [-0.3, -0.25) is 14.5 Å². The number of anilines is 1. The van der Waals surface area contributed by atoms with Crippen LogP contribution in [0, 0.1) is 5.82 Å². The zero-order valence-electron chi connectivity index (χ0n) is 23.2. The van der Waals surface area contributed by atoms with Crippen molar-refractivity contribution in [3.05, 3.63) is 102 Å². The molecule has 1 aliphatic carbocycles. The number of halogens is 1. The van der Waals surface area contributed by atoms with E-state index >= 15 is 0 Å². The van der Waals surface area contributed by atoms with Gasteiger partial charge in [0.25, 0.3) is 5.91 Å². The molecule has 0 saturated heterocycles. The molecule has 0 unspecified atom stereocenters. The lowest BCUT2D eigenvalue weighted by Crippen LogP contribution is -2.47. The Balaban J connectivity index is 1.61. The summed E-state index contributed by atoms with van der Waals surface area (Å²) < 4.78 is 25.0. The Hall–Kier alpha value is -4.59. The highest BCUT2D eigenvalue weighted by atomic mass is 19.1. The SMILES string of the molecule is COc1ccc(N(C(=O)c2ccc(-c3ccccc3)[nH]2)[C@@H](C(=O)NC2CCCCC2)c2ccc(F)cc2)cc1OC. The van der Waals surface area contributed by atoms with Crippen LogP contribution in [0.1, 0.15) is 54.2 Å². The number of hydrogen-bond acceptors (Lipinski definition) is 4. The van der Waals surface area contributed by atoms with Crippen LogP contribution in [-0.4, -0.2) is 37.1 Å². The first-order chi connectivity index (χ1) is 20.0. The average molecular weight is 556 g/mol. The van der Waals surface area contributed by atoms with E-state index < -0.39 is 17.8 Å². The summed E-state index contributed by atoms with van der Waals surface area (Å²) in [4.78, 5) is 33.1. The van der Waals surface area contributed by atoms with Crippen molar-refractivity contribution in [2.45, 2.75) is 44.2 Å². The van der Waals surface area contributed by atoms with Crippen LogP contribution in [0.25, 0.3) is 11.3 Å². The second kappa shape index (κ2) is 12.7. The molecular weight excluding hydrogens is 521 g/mol. The molecule has 1 heterocycles. The van der Waals surface area contributed by atoms with Gasteiger partial charge in [-0.15, -0.1) is 0 Å². The molecule has 1 aromatic heterocycles. The summed E-state index contributed by atoms with van der Waals surface area (Å²) in [6.07, 6.45) is 4.97. The first kappa shape index (κ1) is 28.0. The van der Waals surface area contributed by atoms with E-state index in [1.807, 2.05) is 36.4 Å². The van der Waals surface area contributed by atoms with Gasteiger partial charge in [-0.2, -0.15) is 0 Å². The molecule has 1 atom stereocenters. The van der Waals surface area contributed by atoms with E-state index in [1.165, 1.54) is 31.3 Å². The Morgan fingerprint density at radius 1 is 0.878 bits per heavy atom. The van der Waals surface area contributed by atoms with Crippen LogP contribution >= 0.6 is 0 Å². The molecule has 2 N–H and O–H groups in total. The molecule has 8 heteroatoms. The Bertz CT molecular complexity index is 1480. The van der Waals surface area contributed by atoms with Crippen molar-refractivity contribution in [3.63, 3.8) is 0 Å². The molecule has 0 radical (unpaired) electrons. The van der Waals surface area contributed by atoms with Gasteiger partial charge in [0.2, 0.25) is 5.91 Å². The first-order valence-corrected chi connectivity index (χ1v) is 13.8. The number of nitrogens with zero attached hydrogens (tertiary/aromatic N) is 1. The first-order valence-electron chi connectivity index (χ1n) is 13.8. The molecule has 41 heavy (non-hydrogen) atoms. The number of methoxy groups -OCH3 is 2. The second-order valence-corrected chi connectivity index (χ2v) is 10.2. The van der Waals surface area contributed by atoms with Crippen LogP contribution in [0.2, 0.25) is 0 Å². The number of aromatic nitrogens is 1. The van der Waals surface area contributed by atoms with E-state index in [2.05, 4.69) is 10.3 Å². The van der Waals surface area contributed by atoms with Gasteiger partial charge in [-0.1, -0.05) is 61.7 Å². The predicted molar refractivity (Wildman–Crippen MR) is 157 cm³/mol. The van der Waals surface area contributed by atoms with Crippen molar-refractivity contribution in [3.8, 4) is 22.8 Å². The fourth-order valence-corrected chi connectivity index (χ4v) is 5.38. The van der Waals surface area contributed by atoms with E-state index in [9.17, 15) is 14.0 Å². The molecule has 2 amide bonds. The van der Waals surface area contributed by atoms with Crippen LogP contribution in [0.3, 0.4) is 0 Å². The number of hydrogen-bond donors (Lipinski definition) is 2. The molecule has 1 aliphatic rings. The number of rotatable bonds is 9. The number of H-pyrrole nitrogens is 1. The lowest BCUT2D eigenvalue weighted by Gasteiger charge is -2.33. The highest BCUT2D eigenvalue weighted by Gasteiger charge is 2.35. The van der Waals surface area contributed by atoms with Crippen LogP contribution in [0.4, 0.5) is 10.1 Å². The molecule has 1 saturated carbocycles. The summed E-state index contributed by atoms with van der Waals surface area (Å²) in [5, 5.41) is 3.18. The van der Waals surface area contributed by atoms with Crippen molar-refractivity contribution in [1.82, 2.24) is 10.3 Å². The second-order valence-electron chi connectivity index (χ2n) is 10.2. The van der Waals surface area contributed by atoms with Crippen molar-refractivity contribution in [2.24, 2.45) is 0 Å². The van der Waals surface area contributed by atoms with Gasteiger partial charge in [0.05, 0.1) is 14.2 Å². The topological polar surface area (TPSA) is 83.7 Å². The maximum absolute atomic E-state index is 14.4. The van der Waals surface area contributed by atoms with Crippen molar-refractivity contribution in [1.29, 1.82) is 0 Å². The summed E-state index contributed by atoms with van der Waals surface area (Å²) in [6.45, 7) is 0. The number of carbonyl (C=O) groups is 2. The van der Waals surface area contributed by atoms with Crippen molar-refractivity contribution in [2.75, 3.05) is 19.1 Å². The minimum absolute atomic E-state index is 0.0109. The predicted octanol–water partition coefficient (Wildman–Crippen LogP) is 6.68. The summed E-state index contributed by atoms with van der Waals surface area (Å²) in [5.74, 6) is -0.292. The highest BCUT2D eigenvalue weighted by Crippen LogP contribution is 2.37. The minimum Gasteiger partial charge on any atom is -0.493 e. The molecule has 0 bridgehead atoms. The van der Waals surface area contributed by atoms with Crippen LogP contribution < -0.4 is 19.7 Å². The van der Waals surface area contributed by atoms with E-state index in [1.54, 1.807) is 36.4 Å². The van der Waals surface area contributed by atoms with Gasteiger partial charge in [-0.25, -0.2) is 4.39 Å². The third kappa shape index (κ3) is 6.27. The fraction of sp³-hybridized carbons (Fsp3) is 0.273. The Labute approximate surface area is 239 Å². The number of aromatic amines is 1. The maximum Gasteiger partial charge on any atom is 0.275 e. The Morgan fingerprint density at radius 2 is 1.59 bits per heavy atom. The molecule has 1 fully saturated rings. The van der Waals surface area contributed by atoms with E-state index in [0.717, 1.165) is 43.4 Å². The summed E-state index contributed by atoms with van der Waals surface area (Å²) in [6, 6.07) is 22.9. The molecular formula is C33H34FN3O4. The number of benzene rings is 3. The monoisotopic (exact) mass is 555 g/mol. The summed E-state index contributed by atoms with van der Waals surface area (Å²) >= 11 is 0. The maximum atomic E-state index is 14.4. The Kier molecular flexibility index (Phi) is 8.67. The third-order valence-corrected chi connectivity index (χ3v) is 7.51. The van der Waals surface area contributed by atoms with Gasteiger partial charge >= 0.3 is 0 Å². The molecule has 7 nitrogen and oxygen atoms in total. The van der Waals surface area contributed by atoms with Gasteiger partial charge < -0.3 is 19.8 Å². The quantitative estimate of drug-likeness (QED) is 0.242. The molecule has 4 aromatic rings. The largest absolute Gasteiger partial charge is 0.493 e. The zero-order chi connectivity index (χ0) is 28.8. The van der Waals surface area contributed by atoms with Gasteiger partial charge in [0.15, 0.2) is 11.5 Å². The molecule has 0 aliphatic heterocycles. The van der Waals surface area contributed by atoms with E-state index in [4.69, 9.17) is 9.47 Å². The van der Waals surface area contributed by atoms with Gasteiger partial charge in [-0.05, 0) is 60.4 Å². The van der Waals surface area contributed by atoms with E-state index in [0.29, 0.717) is 28.4 Å². The summed E-state index contributed by atoms with van der Waals surface area (Å²) in [5.41, 5.74) is 2.91. The molecule has 212 valence electrons. The standard InChI is InChI=1S/C33H34FN3O4/c1-40-29-20-17-26(21-30(29)41-2)37(33(39)28-19-18-27(36-28)22-9-5-3-6-10-22)31(23-13-15-24(34)16-14-23)32(38)35-25-11-7-4-8-12-25/h3,5-6,9-10,13-21,25,31,36H,4,7-8,11-12H2,1-2H3,(H,35,38)/t31-/m1/s1. The zero-order valence-corrected chi connectivity index (χ0v) is 23.2. The van der Waals surface area contributed by atoms with Crippen LogP contribution in [0.5, 0.6) is 11.5 Å². The lowest BCUT2D eigenvalue weighted by molar-refractivity contribution is -0.123. The fourth-order valence-electron chi connectivity index (χ4n) is 5.38. The summed E-state index contributed by atoms with van der Waals surface area (Å²) in [7, 11) is 3.04. The molecule has 5 rings (SSSR count). The third-order valence-electron chi connectivity index (χ3n) is 7.51. The smallest absolute Gasteiger partial charge is 0.275 e. The highest BCUT2D eigenvalue weighted by molar-refractivity contribution is 6.09. The van der Waals surface area contributed by atoms with Crippen molar-refractivity contribution < 1.29 is 23.5 Å².